The highest BCUT2D eigenvalue weighted by Crippen LogP contribution is 2.39. The zero-order chi connectivity index (χ0) is 24.3. The molecule has 0 atom stereocenters. The first-order valence-electron chi connectivity index (χ1n) is 11.5. The number of ether oxygens (including phenoxy) is 4. The number of benzene rings is 2. The van der Waals surface area contributed by atoms with E-state index in [2.05, 4.69) is 22.7 Å². The Labute approximate surface area is 200 Å². The molecule has 182 valence electrons. The third-order valence-electron chi connectivity index (χ3n) is 5.44. The van der Waals surface area contributed by atoms with Gasteiger partial charge in [-0.25, -0.2) is 0 Å². The monoisotopic (exact) mass is 468 g/mol. The zero-order valence-corrected chi connectivity index (χ0v) is 20.0. The van der Waals surface area contributed by atoms with Gasteiger partial charge < -0.3 is 34.7 Å². The maximum atomic E-state index is 11.9. The van der Waals surface area contributed by atoms with Gasteiger partial charge in [-0.1, -0.05) is 18.9 Å². The van der Waals surface area contributed by atoms with Crippen molar-refractivity contribution >= 4 is 11.6 Å². The number of rotatable bonds is 11. The summed E-state index contributed by atoms with van der Waals surface area (Å²) in [5.74, 6) is 5.07. The van der Waals surface area contributed by atoms with Crippen LogP contribution >= 0.6 is 0 Å². The normalized spacial score (nSPS) is 12.1. The molecule has 0 saturated carbocycles. The molecule has 0 aliphatic carbocycles. The lowest BCUT2D eigenvalue weighted by Gasteiger charge is -2.22. The van der Waals surface area contributed by atoms with Gasteiger partial charge in [0, 0.05) is 18.4 Å². The molecule has 34 heavy (non-hydrogen) atoms. The SMILES string of the molecule is CCC#COc1ccc(OCCCNCCc2ccc(OC)c(OC)c2O)c2c1NC(=O)CC2. The molecule has 2 aromatic rings. The Hall–Kier alpha value is -3.57. The Morgan fingerprint density at radius 1 is 1.06 bits per heavy atom. The van der Waals surface area contributed by atoms with Crippen molar-refractivity contribution < 1.29 is 28.8 Å². The summed E-state index contributed by atoms with van der Waals surface area (Å²) in [6.07, 6.45) is 5.82. The van der Waals surface area contributed by atoms with Crippen LogP contribution in [-0.2, 0) is 17.6 Å². The van der Waals surface area contributed by atoms with Crippen LogP contribution in [0.5, 0.6) is 28.7 Å². The average molecular weight is 469 g/mol. The second-order valence-corrected chi connectivity index (χ2v) is 7.71. The molecule has 1 aliphatic heterocycles. The highest BCUT2D eigenvalue weighted by atomic mass is 16.5. The predicted octanol–water partition coefficient (Wildman–Crippen LogP) is 3.65. The van der Waals surface area contributed by atoms with Gasteiger partial charge in [0.1, 0.15) is 11.9 Å². The number of carbonyl (C=O) groups excluding carboxylic acids is 1. The Morgan fingerprint density at radius 2 is 1.85 bits per heavy atom. The first-order valence-corrected chi connectivity index (χ1v) is 11.5. The summed E-state index contributed by atoms with van der Waals surface area (Å²) in [5.41, 5.74) is 2.38. The molecular weight excluding hydrogens is 436 g/mol. The Bertz CT molecular complexity index is 1060. The van der Waals surface area contributed by atoms with Crippen molar-refractivity contribution in [3.05, 3.63) is 35.4 Å². The molecule has 8 nitrogen and oxygen atoms in total. The van der Waals surface area contributed by atoms with Gasteiger partial charge in [0.25, 0.3) is 0 Å². The molecule has 0 spiro atoms. The topological polar surface area (TPSA) is 98.3 Å². The Kier molecular flexibility index (Phi) is 9.30. The van der Waals surface area contributed by atoms with E-state index in [0.29, 0.717) is 61.8 Å². The number of anilines is 1. The lowest BCUT2D eigenvalue weighted by atomic mass is 10.0. The molecule has 0 radical (unpaired) electrons. The van der Waals surface area contributed by atoms with Crippen molar-refractivity contribution in [2.75, 3.05) is 39.2 Å². The highest BCUT2D eigenvalue weighted by Gasteiger charge is 2.23. The molecule has 1 aliphatic rings. The lowest BCUT2D eigenvalue weighted by molar-refractivity contribution is -0.116. The van der Waals surface area contributed by atoms with Gasteiger partial charge in [-0.15, -0.1) is 0 Å². The predicted molar refractivity (Wildman–Crippen MR) is 130 cm³/mol. The minimum atomic E-state index is -0.0392. The molecule has 8 heteroatoms. The first-order chi connectivity index (χ1) is 16.6. The van der Waals surface area contributed by atoms with Crippen LogP contribution in [0.3, 0.4) is 0 Å². The van der Waals surface area contributed by atoms with E-state index in [0.717, 1.165) is 29.8 Å². The van der Waals surface area contributed by atoms with Crippen LogP contribution in [0.1, 0.15) is 37.3 Å². The largest absolute Gasteiger partial charge is 0.504 e. The maximum absolute atomic E-state index is 11.9. The third-order valence-corrected chi connectivity index (χ3v) is 5.44. The van der Waals surface area contributed by atoms with Crippen LogP contribution in [-0.4, -0.2) is 44.9 Å². The molecule has 1 heterocycles. The van der Waals surface area contributed by atoms with Gasteiger partial charge in [-0.3, -0.25) is 4.79 Å². The van der Waals surface area contributed by atoms with Crippen molar-refractivity contribution in [2.45, 2.75) is 39.0 Å². The number of hydrogen-bond acceptors (Lipinski definition) is 7. The van der Waals surface area contributed by atoms with E-state index in [-0.39, 0.29) is 11.7 Å². The van der Waals surface area contributed by atoms with Crippen molar-refractivity contribution in [1.29, 1.82) is 0 Å². The van der Waals surface area contributed by atoms with Crippen molar-refractivity contribution in [3.63, 3.8) is 0 Å². The minimum absolute atomic E-state index is 0.0392. The Morgan fingerprint density at radius 3 is 2.62 bits per heavy atom. The van der Waals surface area contributed by atoms with Crippen LogP contribution in [0.4, 0.5) is 5.69 Å². The standard InChI is InChI=1S/C26H32N2O6/c1-4-5-16-34-21-11-10-20(19-8-12-23(29)28-24(19)21)33-17-6-14-27-15-13-18-7-9-22(31-2)26(32-3)25(18)30/h7,9-11,27,30H,4,6,8,12-15,17H2,1-3H3,(H,28,29). The number of fused-ring (bicyclic) bond motifs is 1. The molecule has 0 unspecified atom stereocenters. The van der Waals surface area contributed by atoms with Gasteiger partial charge in [0.15, 0.2) is 17.2 Å². The summed E-state index contributed by atoms with van der Waals surface area (Å²) >= 11 is 0. The maximum Gasteiger partial charge on any atom is 0.224 e. The van der Waals surface area contributed by atoms with Gasteiger partial charge in [0.05, 0.1) is 26.5 Å². The number of nitrogens with one attached hydrogen (secondary N) is 2. The van der Waals surface area contributed by atoms with Crippen LogP contribution < -0.4 is 29.6 Å². The van der Waals surface area contributed by atoms with E-state index in [9.17, 15) is 9.90 Å². The summed E-state index contributed by atoms with van der Waals surface area (Å²) in [4.78, 5) is 11.9. The second-order valence-electron chi connectivity index (χ2n) is 7.71. The number of methoxy groups -OCH3 is 2. The first kappa shape index (κ1) is 25.1. The average Bonchev–Trinajstić information content (AvgIpc) is 2.84. The number of phenolic OH excluding ortho intramolecular Hbond substituents is 1. The smallest absolute Gasteiger partial charge is 0.224 e. The summed E-state index contributed by atoms with van der Waals surface area (Å²) < 4.78 is 22.0. The molecule has 3 rings (SSSR count). The number of aromatic hydroxyl groups is 1. The molecule has 0 fully saturated rings. The van der Waals surface area contributed by atoms with E-state index in [1.165, 1.54) is 14.2 Å². The fourth-order valence-electron chi connectivity index (χ4n) is 3.70. The number of phenols is 1. The Balaban J connectivity index is 1.47. The van der Waals surface area contributed by atoms with Crippen LogP contribution in [0.25, 0.3) is 0 Å². The fraction of sp³-hybridized carbons (Fsp3) is 0.423. The highest BCUT2D eigenvalue weighted by molar-refractivity contribution is 5.96. The second kappa shape index (κ2) is 12.6. The molecule has 0 bridgehead atoms. The van der Waals surface area contributed by atoms with E-state index >= 15 is 0 Å². The summed E-state index contributed by atoms with van der Waals surface area (Å²) in [6.45, 7) is 3.94. The van der Waals surface area contributed by atoms with Gasteiger partial charge >= 0.3 is 0 Å². The summed E-state index contributed by atoms with van der Waals surface area (Å²) in [6, 6.07) is 7.27. The molecule has 1 amide bonds. The molecule has 3 N–H and O–H groups in total. The lowest BCUT2D eigenvalue weighted by Crippen LogP contribution is -2.22. The van der Waals surface area contributed by atoms with Gasteiger partial charge in [0.2, 0.25) is 11.7 Å². The van der Waals surface area contributed by atoms with Gasteiger partial charge in [-0.05, 0) is 56.1 Å². The van der Waals surface area contributed by atoms with Crippen molar-refractivity contribution in [2.24, 2.45) is 0 Å². The number of hydrogen-bond donors (Lipinski definition) is 3. The minimum Gasteiger partial charge on any atom is -0.504 e. The van der Waals surface area contributed by atoms with Crippen molar-refractivity contribution in [3.8, 4) is 40.8 Å². The van der Waals surface area contributed by atoms with E-state index < -0.39 is 0 Å². The van der Waals surface area contributed by atoms with Gasteiger partial charge in [-0.2, -0.15) is 0 Å². The summed E-state index contributed by atoms with van der Waals surface area (Å²) in [7, 11) is 3.04. The third kappa shape index (κ3) is 6.27. The van der Waals surface area contributed by atoms with E-state index in [4.69, 9.17) is 18.9 Å². The van der Waals surface area contributed by atoms with Crippen molar-refractivity contribution in [1.82, 2.24) is 5.32 Å². The van der Waals surface area contributed by atoms with E-state index in [1.807, 2.05) is 19.1 Å². The quantitative estimate of drug-likeness (QED) is 0.342. The fourth-order valence-corrected chi connectivity index (χ4v) is 3.70. The number of amides is 1. The molecule has 2 aromatic carbocycles. The molecular formula is C26H32N2O6. The number of carbonyl (C=O) groups is 1. The van der Waals surface area contributed by atoms with Crippen LogP contribution in [0.15, 0.2) is 24.3 Å². The summed E-state index contributed by atoms with van der Waals surface area (Å²) in [5, 5.41) is 16.6. The zero-order valence-electron chi connectivity index (χ0n) is 20.0. The molecule has 0 saturated heterocycles. The van der Waals surface area contributed by atoms with Crippen LogP contribution in [0.2, 0.25) is 0 Å². The van der Waals surface area contributed by atoms with Crippen LogP contribution in [0, 0.1) is 12.0 Å². The molecule has 0 aromatic heterocycles. The van der Waals surface area contributed by atoms with E-state index in [1.54, 1.807) is 12.1 Å².